The van der Waals surface area contributed by atoms with E-state index in [1.807, 2.05) is 35.2 Å². The minimum Gasteiger partial charge on any atom is -0.326 e. The van der Waals surface area contributed by atoms with Crippen LogP contribution >= 0.6 is 0 Å². The molecule has 0 radical (unpaired) electrons. The van der Waals surface area contributed by atoms with Crippen molar-refractivity contribution >= 4 is 11.7 Å². The number of piperidine rings is 1. The smallest absolute Gasteiger partial charge is 0.321 e. The molecular formula is C20H25N3O. The van der Waals surface area contributed by atoms with Crippen molar-refractivity contribution < 1.29 is 4.79 Å². The van der Waals surface area contributed by atoms with Gasteiger partial charge in [0.1, 0.15) is 0 Å². The van der Waals surface area contributed by atoms with Crippen molar-refractivity contribution in [3.8, 4) is 0 Å². The van der Waals surface area contributed by atoms with Gasteiger partial charge in [-0.15, -0.1) is 0 Å². The number of carbonyl (C=O) groups is 1. The minimum atomic E-state index is -0.0773. The van der Waals surface area contributed by atoms with E-state index in [1.165, 1.54) is 11.1 Å². The maximum Gasteiger partial charge on any atom is 0.321 e. The molecule has 0 saturated carbocycles. The van der Waals surface area contributed by atoms with Crippen LogP contribution in [0, 0.1) is 0 Å². The van der Waals surface area contributed by atoms with Crippen LogP contribution in [0.3, 0.4) is 0 Å². The van der Waals surface area contributed by atoms with Crippen LogP contribution in [-0.2, 0) is 6.42 Å². The Hall–Kier alpha value is -2.33. The van der Waals surface area contributed by atoms with Crippen LogP contribution < -0.4 is 11.1 Å². The molecule has 0 bridgehead atoms. The van der Waals surface area contributed by atoms with Gasteiger partial charge in [-0.25, -0.2) is 4.79 Å². The molecule has 3 N–H and O–H groups in total. The molecule has 0 spiro atoms. The summed E-state index contributed by atoms with van der Waals surface area (Å²) in [7, 11) is 0. The van der Waals surface area contributed by atoms with E-state index >= 15 is 0 Å². The van der Waals surface area contributed by atoms with Gasteiger partial charge in [0.25, 0.3) is 0 Å². The van der Waals surface area contributed by atoms with Gasteiger partial charge in [0.05, 0.1) is 0 Å². The van der Waals surface area contributed by atoms with E-state index < -0.39 is 0 Å². The van der Waals surface area contributed by atoms with Crippen LogP contribution in [0.2, 0.25) is 0 Å². The quantitative estimate of drug-likeness (QED) is 0.907. The number of benzene rings is 2. The molecule has 2 aromatic rings. The number of likely N-dealkylation sites (tertiary alicyclic amines) is 1. The molecule has 1 saturated heterocycles. The van der Waals surface area contributed by atoms with Crippen LogP contribution in [0.15, 0.2) is 54.6 Å². The van der Waals surface area contributed by atoms with Crippen molar-refractivity contribution in [1.29, 1.82) is 0 Å². The monoisotopic (exact) mass is 323 g/mol. The lowest BCUT2D eigenvalue weighted by atomic mass is 9.88. The summed E-state index contributed by atoms with van der Waals surface area (Å²) in [6.45, 7) is 3.46. The Labute approximate surface area is 143 Å². The standard InChI is InChI=1S/C20H25N3O/c1-2-15-8-10-16(11-9-15)17-12-18(21)14-23(13-17)20(24)22-19-6-4-3-5-7-19/h3-11,17-18H,2,12-14,21H2,1H3,(H,22,24). The molecule has 126 valence electrons. The Bertz CT molecular complexity index is 669. The molecule has 1 aliphatic heterocycles. The number of urea groups is 1. The molecule has 2 atom stereocenters. The van der Waals surface area contributed by atoms with E-state index in [-0.39, 0.29) is 12.1 Å². The van der Waals surface area contributed by atoms with E-state index in [4.69, 9.17) is 5.73 Å². The molecule has 1 heterocycles. The highest BCUT2D eigenvalue weighted by Crippen LogP contribution is 2.27. The molecule has 2 aromatic carbocycles. The minimum absolute atomic E-state index is 0.0103. The Kier molecular flexibility index (Phi) is 5.16. The van der Waals surface area contributed by atoms with Gasteiger partial charge in [-0.3, -0.25) is 0 Å². The van der Waals surface area contributed by atoms with Crippen LogP contribution in [0.5, 0.6) is 0 Å². The summed E-state index contributed by atoms with van der Waals surface area (Å²) in [5, 5.41) is 2.95. The van der Waals surface area contributed by atoms with Crippen molar-refractivity contribution in [3.05, 3.63) is 65.7 Å². The van der Waals surface area contributed by atoms with Crippen molar-refractivity contribution in [2.45, 2.75) is 31.7 Å². The fourth-order valence-electron chi connectivity index (χ4n) is 3.30. The first-order valence-electron chi connectivity index (χ1n) is 8.61. The lowest BCUT2D eigenvalue weighted by Gasteiger charge is -2.36. The summed E-state index contributed by atoms with van der Waals surface area (Å²) in [6, 6.07) is 18.2. The summed E-state index contributed by atoms with van der Waals surface area (Å²) >= 11 is 0. The molecular weight excluding hydrogens is 298 g/mol. The Morgan fingerprint density at radius 3 is 2.50 bits per heavy atom. The highest BCUT2D eigenvalue weighted by atomic mass is 16.2. The van der Waals surface area contributed by atoms with Crippen LogP contribution in [0.4, 0.5) is 10.5 Å². The predicted molar refractivity (Wildman–Crippen MR) is 98.2 cm³/mol. The molecule has 1 fully saturated rings. The molecule has 3 rings (SSSR count). The third-order valence-corrected chi connectivity index (χ3v) is 4.65. The number of aryl methyl sites for hydroxylation is 1. The summed E-state index contributed by atoms with van der Waals surface area (Å²) in [6.07, 6.45) is 1.96. The van der Waals surface area contributed by atoms with Gasteiger partial charge in [-0.05, 0) is 36.1 Å². The first-order valence-corrected chi connectivity index (χ1v) is 8.61. The zero-order valence-electron chi connectivity index (χ0n) is 14.1. The fraction of sp³-hybridized carbons (Fsp3) is 0.350. The van der Waals surface area contributed by atoms with Crippen LogP contribution in [-0.4, -0.2) is 30.1 Å². The number of anilines is 1. The third-order valence-electron chi connectivity index (χ3n) is 4.65. The second-order valence-corrected chi connectivity index (χ2v) is 6.49. The summed E-state index contributed by atoms with van der Waals surface area (Å²) in [5.74, 6) is 0.293. The molecule has 4 heteroatoms. The summed E-state index contributed by atoms with van der Waals surface area (Å²) in [5.41, 5.74) is 9.62. The number of rotatable bonds is 3. The first-order chi connectivity index (χ1) is 11.7. The first kappa shape index (κ1) is 16.5. The number of nitrogens with one attached hydrogen (secondary N) is 1. The maximum atomic E-state index is 12.5. The van der Waals surface area contributed by atoms with E-state index in [0.717, 1.165) is 18.5 Å². The van der Waals surface area contributed by atoms with Gasteiger partial charge < -0.3 is 16.0 Å². The van der Waals surface area contributed by atoms with E-state index in [0.29, 0.717) is 19.0 Å². The normalized spacial score (nSPS) is 20.7. The third kappa shape index (κ3) is 3.95. The summed E-state index contributed by atoms with van der Waals surface area (Å²) in [4.78, 5) is 14.4. The zero-order valence-corrected chi connectivity index (χ0v) is 14.1. The van der Waals surface area contributed by atoms with E-state index in [1.54, 1.807) is 0 Å². The average molecular weight is 323 g/mol. The molecule has 1 aliphatic rings. The molecule has 2 amide bonds. The van der Waals surface area contributed by atoms with E-state index in [9.17, 15) is 4.79 Å². The maximum absolute atomic E-state index is 12.5. The van der Waals surface area contributed by atoms with Crippen LogP contribution in [0.25, 0.3) is 0 Å². The van der Waals surface area contributed by atoms with Crippen molar-refractivity contribution in [3.63, 3.8) is 0 Å². The number of hydrogen-bond acceptors (Lipinski definition) is 2. The lowest BCUT2D eigenvalue weighted by molar-refractivity contribution is 0.184. The number of carbonyl (C=O) groups excluding carboxylic acids is 1. The van der Waals surface area contributed by atoms with Gasteiger partial charge in [-0.1, -0.05) is 49.4 Å². The van der Waals surface area contributed by atoms with Gasteiger partial charge in [0.15, 0.2) is 0 Å². The topological polar surface area (TPSA) is 58.4 Å². The molecule has 2 unspecified atom stereocenters. The molecule has 24 heavy (non-hydrogen) atoms. The van der Waals surface area contributed by atoms with Crippen molar-refractivity contribution in [2.75, 3.05) is 18.4 Å². The van der Waals surface area contributed by atoms with Crippen molar-refractivity contribution in [2.24, 2.45) is 5.73 Å². The number of para-hydroxylation sites is 1. The highest BCUT2D eigenvalue weighted by Gasteiger charge is 2.29. The SMILES string of the molecule is CCc1ccc(C2CC(N)CN(C(=O)Nc3ccccc3)C2)cc1. The van der Waals surface area contributed by atoms with Gasteiger partial charge in [-0.2, -0.15) is 0 Å². The lowest BCUT2D eigenvalue weighted by Crippen LogP contribution is -2.50. The number of nitrogens with two attached hydrogens (primary N) is 1. The van der Waals surface area contributed by atoms with E-state index in [2.05, 4.69) is 36.5 Å². The fourth-order valence-corrected chi connectivity index (χ4v) is 3.30. The molecule has 4 nitrogen and oxygen atoms in total. The zero-order chi connectivity index (χ0) is 16.9. The predicted octanol–water partition coefficient (Wildman–Crippen LogP) is 3.60. The number of amides is 2. The second kappa shape index (κ2) is 7.49. The van der Waals surface area contributed by atoms with Crippen molar-refractivity contribution in [1.82, 2.24) is 4.90 Å². The van der Waals surface area contributed by atoms with Gasteiger partial charge >= 0.3 is 6.03 Å². The highest BCUT2D eigenvalue weighted by molar-refractivity contribution is 5.89. The second-order valence-electron chi connectivity index (χ2n) is 6.49. The van der Waals surface area contributed by atoms with Crippen LogP contribution in [0.1, 0.15) is 30.4 Å². The Morgan fingerprint density at radius 2 is 1.83 bits per heavy atom. The largest absolute Gasteiger partial charge is 0.326 e. The van der Waals surface area contributed by atoms with Gasteiger partial charge in [0, 0.05) is 30.7 Å². The Morgan fingerprint density at radius 1 is 1.12 bits per heavy atom. The average Bonchev–Trinajstić information content (AvgIpc) is 2.62. The molecule has 0 aromatic heterocycles. The summed E-state index contributed by atoms with van der Waals surface area (Å²) < 4.78 is 0. The number of nitrogens with zero attached hydrogens (tertiary/aromatic N) is 1. The Balaban J connectivity index is 1.69. The molecule has 0 aliphatic carbocycles. The number of hydrogen-bond donors (Lipinski definition) is 2. The van der Waals surface area contributed by atoms with Gasteiger partial charge in [0.2, 0.25) is 0 Å².